The van der Waals surface area contributed by atoms with Gasteiger partial charge in [0.05, 0.1) is 6.10 Å². The standard InChI is InChI=1S/C12H24N6O/c1-6-7-12(4,5)17-9-14-10(18-13)16-11(15-9)19-8(2)3/h8H,6-7,13H2,1-5H3,(H2,14,15,16,17,18). The normalized spacial score (nSPS) is 11.5. The third-order valence-electron chi connectivity index (χ3n) is 2.41. The van der Waals surface area contributed by atoms with Gasteiger partial charge in [-0.2, -0.15) is 15.0 Å². The van der Waals surface area contributed by atoms with E-state index < -0.39 is 0 Å². The summed E-state index contributed by atoms with van der Waals surface area (Å²) in [7, 11) is 0. The molecular weight excluding hydrogens is 244 g/mol. The van der Waals surface area contributed by atoms with Crippen LogP contribution in [-0.4, -0.2) is 26.6 Å². The lowest BCUT2D eigenvalue weighted by molar-refractivity contribution is 0.222. The van der Waals surface area contributed by atoms with Crippen LogP contribution in [0, 0.1) is 0 Å². The summed E-state index contributed by atoms with van der Waals surface area (Å²) in [5.74, 6) is 6.09. The van der Waals surface area contributed by atoms with E-state index in [9.17, 15) is 0 Å². The number of nitrogens with one attached hydrogen (secondary N) is 2. The summed E-state index contributed by atoms with van der Waals surface area (Å²) in [5.41, 5.74) is 2.32. The molecule has 19 heavy (non-hydrogen) atoms. The number of nitrogens with two attached hydrogens (primary N) is 1. The molecule has 7 nitrogen and oxygen atoms in total. The van der Waals surface area contributed by atoms with E-state index in [4.69, 9.17) is 10.6 Å². The highest BCUT2D eigenvalue weighted by atomic mass is 16.5. The molecule has 4 N–H and O–H groups in total. The van der Waals surface area contributed by atoms with Gasteiger partial charge in [-0.1, -0.05) is 13.3 Å². The second kappa shape index (κ2) is 6.51. The lowest BCUT2D eigenvalue weighted by Gasteiger charge is -2.25. The van der Waals surface area contributed by atoms with Gasteiger partial charge in [0.2, 0.25) is 11.9 Å². The molecule has 0 aliphatic rings. The number of hydrogen-bond donors (Lipinski definition) is 3. The van der Waals surface area contributed by atoms with Crippen LogP contribution in [0.3, 0.4) is 0 Å². The van der Waals surface area contributed by atoms with Gasteiger partial charge in [0, 0.05) is 5.54 Å². The molecule has 0 bridgehead atoms. The average Bonchev–Trinajstić information content (AvgIpc) is 2.26. The minimum atomic E-state index is -0.100. The molecule has 1 aromatic rings. The number of hydrogen-bond acceptors (Lipinski definition) is 7. The maximum atomic E-state index is 5.47. The van der Waals surface area contributed by atoms with Crippen molar-refractivity contribution in [2.45, 2.75) is 59.1 Å². The summed E-state index contributed by atoms with van der Waals surface area (Å²) >= 11 is 0. The number of hydrazine groups is 1. The Hall–Kier alpha value is -1.63. The third-order valence-corrected chi connectivity index (χ3v) is 2.41. The molecule has 0 saturated heterocycles. The predicted octanol–water partition coefficient (Wildman–Crippen LogP) is 1.93. The van der Waals surface area contributed by atoms with E-state index in [-0.39, 0.29) is 23.6 Å². The molecule has 108 valence electrons. The minimum Gasteiger partial charge on any atom is -0.461 e. The molecule has 0 spiro atoms. The largest absolute Gasteiger partial charge is 0.461 e. The molecule has 0 aliphatic heterocycles. The fourth-order valence-electron chi connectivity index (χ4n) is 1.73. The molecule has 0 amide bonds. The zero-order valence-corrected chi connectivity index (χ0v) is 12.3. The van der Waals surface area contributed by atoms with Crippen molar-refractivity contribution in [3.05, 3.63) is 0 Å². The monoisotopic (exact) mass is 268 g/mol. The first-order chi connectivity index (χ1) is 8.86. The van der Waals surface area contributed by atoms with Gasteiger partial charge in [0.25, 0.3) is 0 Å². The summed E-state index contributed by atoms with van der Waals surface area (Å²) in [4.78, 5) is 12.5. The van der Waals surface area contributed by atoms with Gasteiger partial charge in [-0.15, -0.1) is 0 Å². The van der Waals surface area contributed by atoms with Crippen LogP contribution in [0.25, 0.3) is 0 Å². The van der Waals surface area contributed by atoms with E-state index in [0.717, 1.165) is 12.8 Å². The number of anilines is 2. The van der Waals surface area contributed by atoms with Crippen molar-refractivity contribution in [1.29, 1.82) is 0 Å². The first-order valence-corrected chi connectivity index (χ1v) is 6.54. The van der Waals surface area contributed by atoms with Crippen molar-refractivity contribution in [2.75, 3.05) is 10.7 Å². The molecule has 1 aromatic heterocycles. The van der Waals surface area contributed by atoms with Crippen molar-refractivity contribution >= 4 is 11.9 Å². The van der Waals surface area contributed by atoms with Crippen molar-refractivity contribution in [3.8, 4) is 6.01 Å². The van der Waals surface area contributed by atoms with Crippen LogP contribution < -0.4 is 21.3 Å². The number of nitrogen functional groups attached to an aromatic ring is 1. The Labute approximate surface area is 114 Å². The molecule has 0 aliphatic carbocycles. The molecule has 0 radical (unpaired) electrons. The molecule has 1 heterocycles. The quantitative estimate of drug-likeness (QED) is 0.513. The first kappa shape index (κ1) is 15.4. The summed E-state index contributed by atoms with van der Waals surface area (Å²) in [5, 5.41) is 3.27. The van der Waals surface area contributed by atoms with E-state index >= 15 is 0 Å². The van der Waals surface area contributed by atoms with Crippen molar-refractivity contribution in [1.82, 2.24) is 15.0 Å². The molecule has 0 aromatic carbocycles. The fourth-order valence-corrected chi connectivity index (χ4v) is 1.73. The van der Waals surface area contributed by atoms with Crippen LogP contribution in [0.2, 0.25) is 0 Å². The number of nitrogens with zero attached hydrogens (tertiary/aromatic N) is 3. The zero-order valence-electron chi connectivity index (χ0n) is 12.3. The van der Waals surface area contributed by atoms with E-state index in [0.29, 0.717) is 5.95 Å². The summed E-state index contributed by atoms with van der Waals surface area (Å²) < 4.78 is 5.47. The van der Waals surface area contributed by atoms with Crippen LogP contribution in [0.5, 0.6) is 6.01 Å². The maximum absolute atomic E-state index is 5.47. The van der Waals surface area contributed by atoms with Crippen molar-refractivity contribution in [3.63, 3.8) is 0 Å². The summed E-state index contributed by atoms with van der Waals surface area (Å²) in [6.07, 6.45) is 2.07. The Morgan fingerprint density at radius 2 is 1.84 bits per heavy atom. The van der Waals surface area contributed by atoms with Crippen LogP contribution in [0.4, 0.5) is 11.9 Å². The van der Waals surface area contributed by atoms with Gasteiger partial charge >= 0.3 is 6.01 Å². The van der Waals surface area contributed by atoms with Crippen LogP contribution in [0.15, 0.2) is 0 Å². The van der Waals surface area contributed by atoms with Gasteiger partial charge in [0.15, 0.2) is 0 Å². The molecule has 0 unspecified atom stereocenters. The highest BCUT2D eigenvalue weighted by molar-refractivity contribution is 5.36. The molecule has 0 atom stereocenters. The van der Waals surface area contributed by atoms with Gasteiger partial charge in [-0.3, -0.25) is 5.43 Å². The number of aromatic nitrogens is 3. The van der Waals surface area contributed by atoms with Crippen molar-refractivity contribution < 1.29 is 4.74 Å². The molecular formula is C12H24N6O. The fraction of sp³-hybridized carbons (Fsp3) is 0.750. The topological polar surface area (TPSA) is 98.0 Å². The second-order valence-corrected chi connectivity index (χ2v) is 5.34. The molecule has 0 saturated carbocycles. The SMILES string of the molecule is CCCC(C)(C)Nc1nc(NN)nc(OC(C)C)n1. The second-order valence-electron chi connectivity index (χ2n) is 5.34. The Bertz CT molecular complexity index is 407. The smallest absolute Gasteiger partial charge is 0.323 e. The van der Waals surface area contributed by atoms with Crippen LogP contribution in [0.1, 0.15) is 47.5 Å². The predicted molar refractivity (Wildman–Crippen MR) is 76.0 cm³/mol. The Balaban J connectivity index is 2.93. The molecule has 7 heteroatoms. The van der Waals surface area contributed by atoms with Crippen molar-refractivity contribution in [2.24, 2.45) is 5.84 Å². The maximum Gasteiger partial charge on any atom is 0.323 e. The number of rotatable bonds is 7. The van der Waals surface area contributed by atoms with Gasteiger partial charge in [-0.05, 0) is 34.1 Å². The lowest BCUT2D eigenvalue weighted by atomic mass is 9.99. The highest BCUT2D eigenvalue weighted by Crippen LogP contribution is 2.19. The Morgan fingerprint density at radius 1 is 1.21 bits per heavy atom. The van der Waals surface area contributed by atoms with Crippen LogP contribution in [-0.2, 0) is 0 Å². The van der Waals surface area contributed by atoms with E-state index in [2.05, 4.69) is 46.5 Å². The van der Waals surface area contributed by atoms with Crippen LogP contribution >= 0.6 is 0 Å². The van der Waals surface area contributed by atoms with Gasteiger partial charge < -0.3 is 10.1 Å². The third kappa shape index (κ3) is 5.25. The van der Waals surface area contributed by atoms with Gasteiger partial charge in [-0.25, -0.2) is 5.84 Å². The highest BCUT2D eigenvalue weighted by Gasteiger charge is 2.19. The Kier molecular flexibility index (Phi) is 5.29. The first-order valence-electron chi connectivity index (χ1n) is 6.54. The summed E-state index contributed by atoms with van der Waals surface area (Å²) in [6.45, 7) is 10.1. The van der Waals surface area contributed by atoms with E-state index in [1.165, 1.54) is 0 Å². The Morgan fingerprint density at radius 3 is 2.37 bits per heavy atom. The zero-order chi connectivity index (χ0) is 14.5. The van der Waals surface area contributed by atoms with E-state index in [1.807, 2.05) is 13.8 Å². The number of ether oxygens (including phenoxy) is 1. The van der Waals surface area contributed by atoms with E-state index in [1.54, 1.807) is 0 Å². The average molecular weight is 268 g/mol. The molecule has 1 rings (SSSR count). The lowest BCUT2D eigenvalue weighted by Crippen LogP contribution is -2.32. The molecule has 0 fully saturated rings. The summed E-state index contributed by atoms with van der Waals surface area (Å²) in [6, 6.07) is 0.257. The van der Waals surface area contributed by atoms with Gasteiger partial charge in [0.1, 0.15) is 0 Å². The minimum absolute atomic E-state index is 0.00970.